The van der Waals surface area contributed by atoms with E-state index in [9.17, 15) is 64.8 Å². The summed E-state index contributed by atoms with van der Waals surface area (Å²) in [6.07, 6.45) is 13.1. The van der Waals surface area contributed by atoms with Crippen LogP contribution in [0.25, 0.3) is 21.8 Å². The number of sulfonamides is 2. The van der Waals surface area contributed by atoms with Crippen LogP contribution in [0.5, 0.6) is 0 Å². The number of rotatable bonds is 23. The van der Waals surface area contributed by atoms with Crippen molar-refractivity contribution in [2.24, 2.45) is 40.2 Å². The Hall–Kier alpha value is -8.70. The molecule has 27 nitrogen and oxygen atoms in total. The molecule has 2 aromatic carbocycles. The van der Waals surface area contributed by atoms with Crippen LogP contribution >= 0.6 is 0 Å². The Morgan fingerprint density at radius 3 is 1.39 bits per heavy atom. The SMILES string of the molecule is C=CC1CC1(NC(=O)[C@@H]1C[C@@H](N)CN1C(=O)[C@@H](NC(=O)CC1CC1)C(C)(C)C)C(=O)NS(=O)(=O)C1CC1.C=CC1CC1(NC(=O)[C@@H]1C[C@@H](NC(=O)c2ccnc3ccccc23)CN1C(=O)[C@@H](NC(=O)CC1CC1)C(C)(C)C)C(=O)NS(=O)(=O)C1CC1.O=C(O)c1ccnc2ccccc12. The van der Waals surface area contributed by atoms with E-state index in [1.165, 1.54) is 40.4 Å². The Morgan fingerprint density at radius 2 is 1.00 bits per heavy atom. The van der Waals surface area contributed by atoms with Crippen LogP contribution in [-0.4, -0.2) is 172 Å². The van der Waals surface area contributed by atoms with E-state index in [0.29, 0.717) is 83.3 Å². The summed E-state index contributed by atoms with van der Waals surface area (Å²) in [4.78, 5) is 143. The number of carboxylic acid groups (broad SMARTS) is 1. The fraction of sp³-hybridized carbons (Fsp3) is 0.543. The van der Waals surface area contributed by atoms with Crippen LogP contribution in [0.2, 0.25) is 0 Å². The Labute approximate surface area is 575 Å². The molecule has 532 valence electrons. The Balaban J connectivity index is 0.000000185. The lowest BCUT2D eigenvalue weighted by Crippen LogP contribution is -2.60. The van der Waals surface area contributed by atoms with E-state index in [1.807, 2.05) is 53.7 Å². The highest BCUT2D eigenvalue weighted by molar-refractivity contribution is 7.91. The summed E-state index contributed by atoms with van der Waals surface area (Å²) in [6, 6.07) is 12.5. The molecular weight excluding hydrogens is 1310 g/mol. The number of nitrogens with two attached hydrogens (primary N) is 1. The molecule has 2 saturated heterocycles. The Kier molecular flexibility index (Phi) is 21.0. The number of hydrogen-bond acceptors (Lipinski definition) is 17. The zero-order valence-electron chi connectivity index (χ0n) is 56.6. The summed E-state index contributed by atoms with van der Waals surface area (Å²) in [5.41, 5.74) is 3.86. The van der Waals surface area contributed by atoms with Gasteiger partial charge in [0.2, 0.25) is 55.5 Å². The maximum atomic E-state index is 14.4. The molecule has 10 atom stereocenters. The van der Waals surface area contributed by atoms with Crippen molar-refractivity contribution in [2.45, 2.75) is 189 Å². The van der Waals surface area contributed by atoms with E-state index >= 15 is 0 Å². The summed E-state index contributed by atoms with van der Waals surface area (Å²) in [5, 5.41) is 23.2. The minimum Gasteiger partial charge on any atom is -0.478 e. The van der Waals surface area contributed by atoms with Gasteiger partial charge in [-0.1, -0.05) is 90.1 Å². The Bertz CT molecular complexity index is 4130. The van der Waals surface area contributed by atoms with Crippen molar-refractivity contribution in [3.63, 3.8) is 0 Å². The fourth-order valence-corrected chi connectivity index (χ4v) is 15.6. The molecule has 6 saturated carbocycles. The molecule has 8 fully saturated rings. The van der Waals surface area contributed by atoms with Gasteiger partial charge in [-0.2, -0.15) is 0 Å². The highest BCUT2D eigenvalue weighted by Gasteiger charge is 2.63. The third-order valence-corrected chi connectivity index (χ3v) is 23.2. The predicted molar refractivity (Wildman–Crippen MR) is 366 cm³/mol. The maximum Gasteiger partial charge on any atom is 0.336 e. The van der Waals surface area contributed by atoms with E-state index in [1.54, 1.807) is 42.5 Å². The topological polar surface area (TPSA) is 402 Å². The molecule has 6 aliphatic carbocycles. The molecule has 8 aliphatic rings. The number of benzene rings is 2. The molecule has 4 heterocycles. The van der Waals surface area contributed by atoms with Crippen LogP contribution in [0.3, 0.4) is 0 Å². The van der Waals surface area contributed by atoms with Crippen molar-refractivity contribution in [3.05, 3.63) is 109 Å². The highest BCUT2D eigenvalue weighted by Crippen LogP contribution is 2.47. The first-order valence-corrected chi connectivity index (χ1v) is 36.9. The minimum absolute atomic E-state index is 0.0238. The van der Waals surface area contributed by atoms with E-state index in [0.717, 1.165) is 25.7 Å². The zero-order chi connectivity index (χ0) is 71.9. The first-order chi connectivity index (χ1) is 46.6. The van der Waals surface area contributed by atoms with Crippen LogP contribution in [0.1, 0.15) is 152 Å². The second-order valence-electron chi connectivity index (χ2n) is 29.9. The number of carbonyl (C=O) groups excluding carboxylic acids is 9. The van der Waals surface area contributed by atoms with Gasteiger partial charge >= 0.3 is 5.97 Å². The molecule has 9 amide bonds. The number of nitrogens with zero attached hydrogens (tertiary/aromatic N) is 4. The normalized spacial score (nSPS) is 25.3. The van der Waals surface area contributed by atoms with Gasteiger partial charge in [-0.15, -0.1) is 13.2 Å². The van der Waals surface area contributed by atoms with E-state index in [4.69, 9.17) is 10.8 Å². The van der Waals surface area contributed by atoms with Crippen molar-refractivity contribution in [3.8, 4) is 0 Å². The number of para-hydroxylation sites is 2. The second-order valence-corrected chi connectivity index (χ2v) is 33.8. The number of nitrogens with one attached hydrogen (secondary N) is 7. The van der Waals surface area contributed by atoms with E-state index in [2.05, 4.69) is 59.2 Å². The molecule has 4 unspecified atom stereocenters. The van der Waals surface area contributed by atoms with Crippen molar-refractivity contribution in [1.82, 2.24) is 55.8 Å². The lowest BCUT2D eigenvalue weighted by Gasteiger charge is -2.35. The molecule has 0 spiro atoms. The third-order valence-electron chi connectivity index (χ3n) is 19.6. The average molecular weight is 1400 g/mol. The number of carboxylic acids is 1. The molecule has 99 heavy (non-hydrogen) atoms. The maximum absolute atomic E-state index is 14.4. The summed E-state index contributed by atoms with van der Waals surface area (Å²) in [5.74, 6) is -5.85. The fourth-order valence-electron chi connectivity index (χ4n) is 12.9. The zero-order valence-corrected chi connectivity index (χ0v) is 58.2. The van der Waals surface area contributed by atoms with Gasteiger partial charge in [0.05, 0.1) is 32.7 Å². The third kappa shape index (κ3) is 17.1. The number of pyridine rings is 2. The summed E-state index contributed by atoms with van der Waals surface area (Å²) in [7, 11) is -7.69. The number of amides is 9. The highest BCUT2D eigenvalue weighted by atomic mass is 32.2. The van der Waals surface area contributed by atoms with Crippen LogP contribution in [-0.2, 0) is 58.4 Å². The van der Waals surface area contributed by atoms with Gasteiger partial charge in [-0.05, 0) is 124 Å². The monoisotopic (exact) mass is 1400 g/mol. The smallest absolute Gasteiger partial charge is 0.336 e. The standard InChI is InChI=1S/C35H44N6O7S.C25H39N5O6S.C10H7NO2/c1-5-21-18-35(21,33(46)40-49(47,48)23-12-13-23)39-31(44)27-17-22(37-30(43)25-14-15-36-26-9-7-6-8-24(25)26)19-41(27)32(45)29(34(2,3)4)38-28(42)16-20-10-11-20;1-5-15-12-25(15,23(34)29-37(35,36)17-8-9-17)28-21(32)18-11-16(26)13-30(18)22(33)20(24(2,3)4)27-19(31)10-14-6-7-14;12-10(13)8-5-6-11-9-4-2-1-3-7(8)9/h5-9,14-15,20-23,27,29H,1,10-13,16-19H2,2-4H3,(H,37,43)(H,38,42)(H,39,44)(H,40,46);5,14-18,20H,1,6-13,26H2,2-4H3,(H,27,31)(H,28,32)(H,29,34);1-6H,(H,12,13)/t21?,22-,27+,29-,35?;15?,16-,18+,20-,25?;/m11./s1. The quantitative estimate of drug-likeness (QED) is 0.0477. The molecule has 29 heteroatoms. The van der Waals surface area contributed by atoms with E-state index in [-0.39, 0.29) is 50.6 Å². The van der Waals surface area contributed by atoms with Gasteiger partial charge in [0.25, 0.3) is 17.7 Å². The lowest BCUT2D eigenvalue weighted by atomic mass is 9.85. The summed E-state index contributed by atoms with van der Waals surface area (Å²) in [6.45, 7) is 18.6. The van der Waals surface area contributed by atoms with Crippen LogP contribution in [0.4, 0.5) is 0 Å². The van der Waals surface area contributed by atoms with Crippen LogP contribution in [0.15, 0.2) is 98.4 Å². The van der Waals surface area contributed by atoms with Crippen molar-refractivity contribution in [2.75, 3.05) is 13.1 Å². The van der Waals surface area contributed by atoms with Gasteiger partial charge < -0.3 is 47.2 Å². The second kappa shape index (κ2) is 28.5. The molecule has 2 aromatic heterocycles. The lowest BCUT2D eigenvalue weighted by molar-refractivity contribution is -0.144. The van der Waals surface area contributed by atoms with Gasteiger partial charge in [0.15, 0.2) is 0 Å². The first-order valence-electron chi connectivity index (χ1n) is 33.8. The summed E-state index contributed by atoms with van der Waals surface area (Å²) >= 11 is 0. The molecule has 0 radical (unpaired) electrons. The largest absolute Gasteiger partial charge is 0.478 e. The van der Waals surface area contributed by atoms with Gasteiger partial charge in [0, 0.05) is 73.0 Å². The van der Waals surface area contributed by atoms with Crippen molar-refractivity contribution >= 4 is 101 Å². The molecule has 10 N–H and O–H groups in total. The molecular formula is C70H90N12O15S2. The minimum atomic E-state index is -3.89. The summed E-state index contributed by atoms with van der Waals surface area (Å²) < 4.78 is 54.2. The number of likely N-dealkylation sites (tertiary alicyclic amines) is 2. The van der Waals surface area contributed by atoms with Gasteiger partial charge in [-0.25, -0.2) is 21.6 Å². The van der Waals surface area contributed by atoms with Crippen LogP contribution < -0.4 is 41.8 Å². The average Bonchev–Trinajstić information content (AvgIpc) is 1.58. The number of fused-ring (bicyclic) bond motifs is 2. The number of aromatic nitrogens is 2. The van der Waals surface area contributed by atoms with Gasteiger partial charge in [0.1, 0.15) is 35.2 Å². The molecule has 12 rings (SSSR count). The van der Waals surface area contributed by atoms with Crippen molar-refractivity contribution < 1.29 is 69.9 Å². The van der Waals surface area contributed by atoms with E-state index < -0.39 is 148 Å². The predicted octanol–water partition coefficient (Wildman–Crippen LogP) is 3.78. The molecule has 0 bridgehead atoms. The first kappa shape index (κ1) is 73.0. The number of hydrogen-bond donors (Lipinski definition) is 9. The van der Waals surface area contributed by atoms with Crippen LogP contribution in [0, 0.1) is 34.5 Å². The number of carbonyl (C=O) groups is 10. The Morgan fingerprint density at radius 1 is 0.596 bits per heavy atom. The molecule has 4 aromatic rings. The number of aromatic carboxylic acids is 1. The molecule has 2 aliphatic heterocycles. The van der Waals surface area contributed by atoms with Gasteiger partial charge in [-0.3, -0.25) is 62.6 Å². The van der Waals surface area contributed by atoms with Crippen molar-refractivity contribution in [1.29, 1.82) is 0 Å².